The Bertz CT molecular complexity index is 679. The van der Waals surface area contributed by atoms with E-state index in [-0.39, 0.29) is 17.8 Å². The fourth-order valence-corrected chi connectivity index (χ4v) is 2.60. The molecule has 0 saturated heterocycles. The van der Waals surface area contributed by atoms with Crippen molar-refractivity contribution in [3.8, 4) is 0 Å². The number of amides is 1. The Hall–Kier alpha value is -2.62. The molecule has 0 heterocycles. The summed E-state index contributed by atoms with van der Waals surface area (Å²) in [5.41, 5.74) is 2.37. The number of hydrogen-bond acceptors (Lipinski definition) is 3. The maximum atomic E-state index is 12.2. The molecule has 1 amide bonds. The third-order valence-electron chi connectivity index (χ3n) is 3.93. The van der Waals surface area contributed by atoms with E-state index in [4.69, 9.17) is 0 Å². The van der Waals surface area contributed by atoms with Crippen LogP contribution in [0.3, 0.4) is 0 Å². The molecule has 2 aromatic rings. The van der Waals surface area contributed by atoms with Crippen LogP contribution in [0.25, 0.3) is 0 Å². The zero-order chi connectivity index (χ0) is 15.5. The Morgan fingerprint density at radius 2 is 1.73 bits per heavy atom. The van der Waals surface area contributed by atoms with E-state index in [2.05, 4.69) is 22.2 Å². The van der Waals surface area contributed by atoms with Gasteiger partial charge >= 0.3 is 5.97 Å². The number of ether oxygens (including phenoxy) is 1. The summed E-state index contributed by atoms with van der Waals surface area (Å²) in [6, 6.07) is 16.8. The highest BCUT2D eigenvalue weighted by Crippen LogP contribution is 2.47. The molecule has 3 rings (SSSR count). The lowest BCUT2D eigenvalue weighted by Gasteiger charge is -2.06. The Morgan fingerprint density at radius 3 is 2.36 bits per heavy atom. The molecule has 1 fully saturated rings. The minimum absolute atomic E-state index is 0.0275. The minimum atomic E-state index is -0.385. The lowest BCUT2D eigenvalue weighted by Crippen LogP contribution is -2.14. The Labute approximate surface area is 129 Å². The number of rotatable bonds is 4. The van der Waals surface area contributed by atoms with Crippen LogP contribution in [-0.2, 0) is 9.53 Å². The van der Waals surface area contributed by atoms with Gasteiger partial charge in [0.1, 0.15) is 0 Å². The molecule has 1 aliphatic rings. The minimum Gasteiger partial charge on any atom is -0.465 e. The van der Waals surface area contributed by atoms with E-state index >= 15 is 0 Å². The first-order chi connectivity index (χ1) is 10.7. The number of carbonyl (C=O) groups is 2. The standard InChI is InChI=1S/C18H17NO3/c1-22-18(21)13-7-9-14(10-8-13)19-17(20)16-11-15(16)12-5-3-2-4-6-12/h2-10,15-16H,11H2,1H3,(H,19,20)/t15-,16-/m0/s1. The smallest absolute Gasteiger partial charge is 0.337 e. The van der Waals surface area contributed by atoms with Crippen molar-refractivity contribution >= 4 is 17.6 Å². The molecule has 0 spiro atoms. The van der Waals surface area contributed by atoms with Crippen molar-refractivity contribution in [3.63, 3.8) is 0 Å². The molecule has 22 heavy (non-hydrogen) atoms. The Balaban J connectivity index is 1.60. The van der Waals surface area contributed by atoms with Crippen LogP contribution in [0, 0.1) is 5.92 Å². The van der Waals surface area contributed by atoms with E-state index in [0.29, 0.717) is 17.2 Å². The quantitative estimate of drug-likeness (QED) is 0.881. The molecule has 4 heteroatoms. The first kappa shape index (κ1) is 14.3. The summed E-state index contributed by atoms with van der Waals surface area (Å²) in [6.07, 6.45) is 0.885. The van der Waals surface area contributed by atoms with Crippen LogP contribution in [0.1, 0.15) is 28.3 Å². The highest BCUT2D eigenvalue weighted by molar-refractivity contribution is 5.96. The van der Waals surface area contributed by atoms with Gasteiger partial charge in [0.2, 0.25) is 5.91 Å². The maximum Gasteiger partial charge on any atom is 0.337 e. The third kappa shape index (κ3) is 3.01. The topological polar surface area (TPSA) is 55.4 Å². The zero-order valence-corrected chi connectivity index (χ0v) is 12.3. The van der Waals surface area contributed by atoms with Crippen molar-refractivity contribution in [3.05, 3.63) is 65.7 Å². The summed E-state index contributed by atoms with van der Waals surface area (Å²) in [5.74, 6) is -0.0119. The molecule has 0 aromatic heterocycles. The maximum absolute atomic E-state index is 12.2. The van der Waals surface area contributed by atoms with Gasteiger partial charge in [0.15, 0.2) is 0 Å². The first-order valence-electron chi connectivity index (χ1n) is 7.23. The number of nitrogens with one attached hydrogen (secondary N) is 1. The van der Waals surface area contributed by atoms with Gasteiger partial charge in [-0.1, -0.05) is 30.3 Å². The summed E-state index contributed by atoms with van der Waals surface area (Å²) >= 11 is 0. The molecule has 1 saturated carbocycles. The highest BCUT2D eigenvalue weighted by Gasteiger charge is 2.43. The van der Waals surface area contributed by atoms with Crippen molar-refractivity contribution in [2.45, 2.75) is 12.3 Å². The second-order valence-electron chi connectivity index (χ2n) is 5.42. The zero-order valence-electron chi connectivity index (χ0n) is 12.3. The number of esters is 1. The summed E-state index contributed by atoms with van der Waals surface area (Å²) < 4.78 is 4.64. The van der Waals surface area contributed by atoms with Crippen molar-refractivity contribution in [2.75, 3.05) is 12.4 Å². The molecule has 0 bridgehead atoms. The van der Waals surface area contributed by atoms with E-state index in [9.17, 15) is 9.59 Å². The van der Waals surface area contributed by atoms with Crippen LogP contribution < -0.4 is 5.32 Å². The first-order valence-corrected chi connectivity index (χ1v) is 7.23. The summed E-state index contributed by atoms with van der Waals surface area (Å²) in [7, 11) is 1.34. The van der Waals surface area contributed by atoms with E-state index in [1.807, 2.05) is 18.2 Å². The van der Waals surface area contributed by atoms with Crippen molar-refractivity contribution in [1.82, 2.24) is 0 Å². The molecule has 0 aliphatic heterocycles. The number of hydrogen-bond donors (Lipinski definition) is 1. The fraction of sp³-hybridized carbons (Fsp3) is 0.222. The number of benzene rings is 2. The van der Waals surface area contributed by atoms with Crippen LogP contribution >= 0.6 is 0 Å². The average Bonchev–Trinajstić information content (AvgIpc) is 3.36. The van der Waals surface area contributed by atoms with Gasteiger partial charge in [0, 0.05) is 11.6 Å². The van der Waals surface area contributed by atoms with Gasteiger partial charge in [0.25, 0.3) is 0 Å². The normalized spacial score (nSPS) is 19.3. The van der Waals surface area contributed by atoms with Crippen LogP contribution in [0.5, 0.6) is 0 Å². The van der Waals surface area contributed by atoms with Gasteiger partial charge < -0.3 is 10.1 Å². The van der Waals surface area contributed by atoms with E-state index in [0.717, 1.165) is 6.42 Å². The van der Waals surface area contributed by atoms with Crippen LogP contribution in [0.4, 0.5) is 5.69 Å². The van der Waals surface area contributed by atoms with E-state index < -0.39 is 0 Å². The Morgan fingerprint density at radius 1 is 1.05 bits per heavy atom. The fourth-order valence-electron chi connectivity index (χ4n) is 2.60. The number of anilines is 1. The summed E-state index contributed by atoms with van der Waals surface area (Å²) in [5, 5.41) is 2.90. The molecule has 0 radical (unpaired) electrons. The number of carbonyl (C=O) groups excluding carboxylic acids is 2. The molecule has 112 valence electrons. The van der Waals surface area contributed by atoms with Crippen molar-refractivity contribution < 1.29 is 14.3 Å². The predicted octanol–water partition coefficient (Wildman–Crippen LogP) is 3.22. The number of methoxy groups -OCH3 is 1. The monoisotopic (exact) mass is 295 g/mol. The molecular formula is C18H17NO3. The van der Waals surface area contributed by atoms with Gasteiger partial charge in [-0.05, 0) is 42.2 Å². The summed E-state index contributed by atoms with van der Waals surface area (Å²) in [6.45, 7) is 0. The molecule has 2 atom stereocenters. The van der Waals surface area contributed by atoms with Crippen molar-refractivity contribution in [1.29, 1.82) is 0 Å². The second kappa shape index (κ2) is 6.02. The molecule has 1 aliphatic carbocycles. The average molecular weight is 295 g/mol. The second-order valence-corrected chi connectivity index (χ2v) is 5.42. The molecule has 1 N–H and O–H groups in total. The third-order valence-corrected chi connectivity index (χ3v) is 3.93. The van der Waals surface area contributed by atoms with Gasteiger partial charge in [-0.2, -0.15) is 0 Å². The largest absolute Gasteiger partial charge is 0.465 e. The van der Waals surface area contributed by atoms with Gasteiger partial charge in [-0.15, -0.1) is 0 Å². The molecular weight excluding hydrogens is 278 g/mol. The molecule has 4 nitrogen and oxygen atoms in total. The van der Waals surface area contributed by atoms with Crippen LogP contribution in [0.2, 0.25) is 0 Å². The predicted molar refractivity (Wildman–Crippen MR) is 83.7 cm³/mol. The highest BCUT2D eigenvalue weighted by atomic mass is 16.5. The van der Waals surface area contributed by atoms with Gasteiger partial charge in [-0.25, -0.2) is 4.79 Å². The summed E-state index contributed by atoms with van der Waals surface area (Å²) in [4.78, 5) is 23.6. The van der Waals surface area contributed by atoms with Gasteiger partial charge in [0.05, 0.1) is 12.7 Å². The Kier molecular flexibility index (Phi) is 3.92. The van der Waals surface area contributed by atoms with Crippen molar-refractivity contribution in [2.24, 2.45) is 5.92 Å². The lowest BCUT2D eigenvalue weighted by atomic mass is 10.1. The van der Waals surface area contributed by atoms with Gasteiger partial charge in [-0.3, -0.25) is 4.79 Å². The van der Waals surface area contributed by atoms with E-state index in [1.165, 1.54) is 12.7 Å². The SMILES string of the molecule is COC(=O)c1ccc(NC(=O)[C@H]2C[C@H]2c2ccccc2)cc1. The molecule has 0 unspecified atom stereocenters. The van der Waals surface area contributed by atoms with E-state index in [1.54, 1.807) is 24.3 Å². The lowest BCUT2D eigenvalue weighted by molar-refractivity contribution is -0.117. The molecule has 2 aromatic carbocycles. The van der Waals surface area contributed by atoms with Crippen LogP contribution in [-0.4, -0.2) is 19.0 Å². The van der Waals surface area contributed by atoms with Crippen LogP contribution in [0.15, 0.2) is 54.6 Å².